The largest absolute Gasteiger partial charge is 0.493 e. The van der Waals surface area contributed by atoms with E-state index in [2.05, 4.69) is 36.7 Å². The van der Waals surface area contributed by atoms with Gasteiger partial charge in [0.05, 0.1) is 20.3 Å². The van der Waals surface area contributed by atoms with Gasteiger partial charge in [-0.3, -0.25) is 4.90 Å². The second-order valence-corrected chi connectivity index (χ2v) is 6.79. The first-order chi connectivity index (χ1) is 12.0. The molecule has 25 heavy (non-hydrogen) atoms. The molecule has 0 bridgehead atoms. The third-order valence-electron chi connectivity index (χ3n) is 4.68. The van der Waals surface area contributed by atoms with Gasteiger partial charge in [-0.2, -0.15) is 0 Å². The number of hydrogen-bond donors (Lipinski definition) is 1. The fraction of sp³-hybridized carbons (Fsp3) is 0.600. The van der Waals surface area contributed by atoms with E-state index < -0.39 is 0 Å². The Bertz CT molecular complexity index is 556. The summed E-state index contributed by atoms with van der Waals surface area (Å²) in [5, 5.41) is 3.63. The molecule has 0 aromatic heterocycles. The lowest BCUT2D eigenvalue weighted by atomic mass is 10.1. The van der Waals surface area contributed by atoms with Crippen LogP contribution in [0.1, 0.15) is 26.3 Å². The molecule has 0 saturated carbocycles. The number of rotatable bonds is 9. The van der Waals surface area contributed by atoms with Crippen LogP contribution in [-0.4, -0.2) is 57.0 Å². The summed E-state index contributed by atoms with van der Waals surface area (Å²) in [6.07, 6.45) is 0. The number of benzene rings is 1. The van der Waals surface area contributed by atoms with E-state index in [4.69, 9.17) is 14.2 Å². The number of morpholine rings is 1. The minimum atomic E-state index is 0.389. The van der Waals surface area contributed by atoms with Crippen LogP contribution >= 0.6 is 0 Å². The van der Waals surface area contributed by atoms with E-state index in [-0.39, 0.29) is 0 Å². The number of nitrogens with one attached hydrogen (secondary N) is 1. The van der Waals surface area contributed by atoms with Crippen LogP contribution in [0, 0.1) is 0 Å². The van der Waals surface area contributed by atoms with E-state index in [0.717, 1.165) is 49.9 Å². The molecule has 2 atom stereocenters. The molecule has 0 amide bonds. The van der Waals surface area contributed by atoms with Crippen molar-refractivity contribution in [1.29, 1.82) is 0 Å². The standard InChI is InChI=1S/C20H32N2O3/c1-15(2)14-25-20-12-18(6-7-19(20)23-5)13-21-16(3)17(4)22-8-10-24-11-9-22/h6-7,12,16-17,21H,1,8-11,13-14H2,2-5H3. The fourth-order valence-corrected chi connectivity index (χ4v) is 2.90. The van der Waals surface area contributed by atoms with E-state index in [9.17, 15) is 0 Å². The summed E-state index contributed by atoms with van der Waals surface area (Å²) in [7, 11) is 1.66. The van der Waals surface area contributed by atoms with Crippen molar-refractivity contribution in [3.05, 3.63) is 35.9 Å². The van der Waals surface area contributed by atoms with Gasteiger partial charge in [-0.25, -0.2) is 0 Å². The second kappa shape index (κ2) is 9.80. The first kappa shape index (κ1) is 19.8. The molecule has 0 aliphatic carbocycles. The number of methoxy groups -OCH3 is 1. The van der Waals surface area contributed by atoms with Gasteiger partial charge in [0.25, 0.3) is 0 Å². The highest BCUT2D eigenvalue weighted by molar-refractivity contribution is 5.43. The summed E-state index contributed by atoms with van der Waals surface area (Å²) >= 11 is 0. The molecule has 1 N–H and O–H groups in total. The molecular formula is C20H32N2O3. The zero-order chi connectivity index (χ0) is 18.2. The van der Waals surface area contributed by atoms with Crippen molar-refractivity contribution in [1.82, 2.24) is 10.2 Å². The first-order valence-corrected chi connectivity index (χ1v) is 9.00. The van der Waals surface area contributed by atoms with Gasteiger partial charge in [0.1, 0.15) is 6.61 Å². The quantitative estimate of drug-likeness (QED) is 0.695. The molecular weight excluding hydrogens is 316 g/mol. The normalized spacial score (nSPS) is 17.8. The molecule has 1 aliphatic rings. The Labute approximate surface area is 151 Å². The van der Waals surface area contributed by atoms with Crippen LogP contribution in [0.2, 0.25) is 0 Å². The van der Waals surface area contributed by atoms with Crippen molar-refractivity contribution >= 4 is 0 Å². The number of hydrogen-bond acceptors (Lipinski definition) is 5. The molecule has 2 rings (SSSR count). The Morgan fingerprint density at radius 3 is 2.64 bits per heavy atom. The molecule has 5 heteroatoms. The maximum Gasteiger partial charge on any atom is 0.161 e. The Hall–Kier alpha value is -1.56. The number of ether oxygens (including phenoxy) is 3. The summed E-state index contributed by atoms with van der Waals surface area (Å²) < 4.78 is 16.6. The van der Waals surface area contributed by atoms with Gasteiger partial charge in [0, 0.05) is 31.7 Å². The van der Waals surface area contributed by atoms with Gasteiger partial charge in [0.15, 0.2) is 11.5 Å². The highest BCUT2D eigenvalue weighted by Crippen LogP contribution is 2.28. The first-order valence-electron chi connectivity index (χ1n) is 9.00. The van der Waals surface area contributed by atoms with Crippen molar-refractivity contribution in [2.45, 2.75) is 39.4 Å². The average molecular weight is 348 g/mol. The Balaban J connectivity index is 1.92. The predicted octanol–water partition coefficient (Wildman–Crippen LogP) is 2.85. The van der Waals surface area contributed by atoms with Crippen molar-refractivity contribution in [2.24, 2.45) is 0 Å². The summed E-state index contributed by atoms with van der Waals surface area (Å²) in [5.74, 6) is 1.51. The molecule has 1 saturated heterocycles. The summed E-state index contributed by atoms with van der Waals surface area (Å²) in [4.78, 5) is 2.48. The van der Waals surface area contributed by atoms with Crippen molar-refractivity contribution in [2.75, 3.05) is 40.0 Å². The molecule has 5 nitrogen and oxygen atoms in total. The average Bonchev–Trinajstić information content (AvgIpc) is 2.64. The maximum absolute atomic E-state index is 5.81. The van der Waals surface area contributed by atoms with Crippen LogP contribution in [0.25, 0.3) is 0 Å². The van der Waals surface area contributed by atoms with E-state index in [0.29, 0.717) is 18.7 Å². The molecule has 1 aromatic rings. The van der Waals surface area contributed by atoms with Crippen LogP contribution in [0.3, 0.4) is 0 Å². The van der Waals surface area contributed by atoms with E-state index in [1.807, 2.05) is 19.1 Å². The van der Waals surface area contributed by atoms with Gasteiger partial charge in [0.2, 0.25) is 0 Å². The molecule has 1 aliphatic heterocycles. The van der Waals surface area contributed by atoms with Crippen LogP contribution in [-0.2, 0) is 11.3 Å². The topological polar surface area (TPSA) is 43.0 Å². The van der Waals surface area contributed by atoms with Crippen LogP contribution < -0.4 is 14.8 Å². The van der Waals surface area contributed by atoms with Crippen molar-refractivity contribution in [3.63, 3.8) is 0 Å². The number of nitrogens with zero attached hydrogens (tertiary/aromatic N) is 1. The van der Waals surface area contributed by atoms with Gasteiger partial charge < -0.3 is 19.5 Å². The predicted molar refractivity (Wildman–Crippen MR) is 101 cm³/mol. The zero-order valence-electron chi connectivity index (χ0n) is 16.0. The van der Waals surface area contributed by atoms with Gasteiger partial charge in [-0.1, -0.05) is 12.6 Å². The zero-order valence-corrected chi connectivity index (χ0v) is 16.0. The van der Waals surface area contributed by atoms with Crippen molar-refractivity contribution < 1.29 is 14.2 Å². The lowest BCUT2D eigenvalue weighted by molar-refractivity contribution is 0.0135. The lowest BCUT2D eigenvalue weighted by Gasteiger charge is -2.36. The fourth-order valence-electron chi connectivity index (χ4n) is 2.90. The van der Waals surface area contributed by atoms with Crippen LogP contribution in [0.4, 0.5) is 0 Å². The Kier molecular flexibility index (Phi) is 7.75. The Morgan fingerprint density at radius 1 is 1.28 bits per heavy atom. The summed E-state index contributed by atoms with van der Waals surface area (Å²) in [5.41, 5.74) is 2.16. The van der Waals surface area contributed by atoms with E-state index in [1.165, 1.54) is 5.56 Å². The molecule has 0 spiro atoms. The lowest BCUT2D eigenvalue weighted by Crippen LogP contribution is -2.50. The third kappa shape index (κ3) is 6.03. The highest BCUT2D eigenvalue weighted by Gasteiger charge is 2.21. The Morgan fingerprint density at radius 2 is 2.00 bits per heavy atom. The smallest absolute Gasteiger partial charge is 0.161 e. The third-order valence-corrected chi connectivity index (χ3v) is 4.68. The van der Waals surface area contributed by atoms with E-state index in [1.54, 1.807) is 7.11 Å². The molecule has 140 valence electrons. The van der Waals surface area contributed by atoms with Gasteiger partial charge >= 0.3 is 0 Å². The highest BCUT2D eigenvalue weighted by atomic mass is 16.5. The minimum absolute atomic E-state index is 0.389. The van der Waals surface area contributed by atoms with Gasteiger partial charge in [-0.15, -0.1) is 0 Å². The SMILES string of the molecule is C=C(C)COc1cc(CNC(C)C(C)N2CCOCC2)ccc1OC. The maximum atomic E-state index is 5.81. The summed E-state index contributed by atoms with van der Waals surface area (Å²) in [6, 6.07) is 6.94. The van der Waals surface area contributed by atoms with E-state index >= 15 is 0 Å². The minimum Gasteiger partial charge on any atom is -0.493 e. The molecule has 1 aromatic carbocycles. The molecule has 2 unspecified atom stereocenters. The second-order valence-electron chi connectivity index (χ2n) is 6.79. The molecule has 0 radical (unpaired) electrons. The van der Waals surface area contributed by atoms with Crippen LogP contribution in [0.15, 0.2) is 30.4 Å². The molecule has 1 heterocycles. The molecule has 1 fully saturated rings. The van der Waals surface area contributed by atoms with Gasteiger partial charge in [-0.05, 0) is 44.0 Å². The monoisotopic (exact) mass is 348 g/mol. The van der Waals surface area contributed by atoms with Crippen molar-refractivity contribution in [3.8, 4) is 11.5 Å². The summed E-state index contributed by atoms with van der Waals surface area (Å²) in [6.45, 7) is 15.3. The van der Waals surface area contributed by atoms with Crippen LogP contribution in [0.5, 0.6) is 11.5 Å².